The van der Waals surface area contributed by atoms with Crippen molar-refractivity contribution in [3.63, 3.8) is 0 Å². The maximum absolute atomic E-state index is 3.69. The Balaban J connectivity index is 1.75. The second-order valence-electron chi connectivity index (χ2n) is 6.94. The predicted octanol–water partition coefficient (Wildman–Crippen LogP) is 1.93. The molecule has 1 atom stereocenters. The molecule has 1 aliphatic carbocycles. The lowest BCUT2D eigenvalue weighted by Crippen LogP contribution is -2.57. The fourth-order valence-electron chi connectivity index (χ4n) is 2.88. The lowest BCUT2D eigenvalue weighted by atomic mass is 10.0. The molecule has 106 valence electrons. The molecule has 1 saturated carbocycles. The zero-order chi connectivity index (χ0) is 13.2. The van der Waals surface area contributed by atoms with Gasteiger partial charge in [-0.2, -0.15) is 0 Å². The number of hydrogen-bond acceptors (Lipinski definition) is 3. The second-order valence-corrected chi connectivity index (χ2v) is 6.94. The van der Waals surface area contributed by atoms with Crippen LogP contribution in [0.3, 0.4) is 0 Å². The third-order valence-corrected chi connectivity index (χ3v) is 4.47. The number of rotatable bonds is 5. The van der Waals surface area contributed by atoms with E-state index in [1.54, 1.807) is 0 Å². The van der Waals surface area contributed by atoms with E-state index in [2.05, 4.69) is 42.8 Å². The molecule has 1 N–H and O–H groups in total. The van der Waals surface area contributed by atoms with Gasteiger partial charge in [-0.15, -0.1) is 0 Å². The molecule has 1 aliphatic heterocycles. The molecule has 18 heavy (non-hydrogen) atoms. The predicted molar refractivity (Wildman–Crippen MR) is 78.0 cm³/mol. The minimum Gasteiger partial charge on any atom is -0.312 e. The molecule has 0 aromatic carbocycles. The first kappa shape index (κ1) is 14.3. The highest BCUT2D eigenvalue weighted by atomic mass is 15.3. The SMILES string of the molecule is CCC(CNC1CC1)N1CCN(C(C)(C)C)CC1. The Morgan fingerprint density at radius 2 is 1.72 bits per heavy atom. The van der Waals surface area contributed by atoms with Gasteiger partial charge in [0.15, 0.2) is 0 Å². The highest BCUT2D eigenvalue weighted by molar-refractivity contribution is 4.87. The van der Waals surface area contributed by atoms with E-state index in [0.717, 1.165) is 12.1 Å². The topological polar surface area (TPSA) is 18.5 Å². The fraction of sp³-hybridized carbons (Fsp3) is 1.00. The molecule has 1 saturated heterocycles. The van der Waals surface area contributed by atoms with Crippen LogP contribution in [0.4, 0.5) is 0 Å². The van der Waals surface area contributed by atoms with Crippen LogP contribution in [0.15, 0.2) is 0 Å². The molecule has 3 nitrogen and oxygen atoms in total. The number of piperazine rings is 1. The lowest BCUT2D eigenvalue weighted by Gasteiger charge is -2.44. The van der Waals surface area contributed by atoms with Crippen molar-refractivity contribution in [2.45, 2.75) is 64.6 Å². The average molecular weight is 253 g/mol. The van der Waals surface area contributed by atoms with E-state index in [0.29, 0.717) is 5.54 Å². The number of nitrogens with one attached hydrogen (secondary N) is 1. The molecule has 0 spiro atoms. The molecule has 0 aromatic heterocycles. The first-order chi connectivity index (χ1) is 8.50. The molecular formula is C15H31N3. The maximum atomic E-state index is 3.69. The zero-order valence-corrected chi connectivity index (χ0v) is 12.7. The van der Waals surface area contributed by atoms with Crippen LogP contribution in [0.25, 0.3) is 0 Å². The van der Waals surface area contributed by atoms with E-state index in [-0.39, 0.29) is 0 Å². The first-order valence-electron chi connectivity index (χ1n) is 7.73. The van der Waals surface area contributed by atoms with Crippen molar-refractivity contribution in [2.75, 3.05) is 32.7 Å². The van der Waals surface area contributed by atoms with Crippen molar-refractivity contribution >= 4 is 0 Å². The third kappa shape index (κ3) is 3.94. The van der Waals surface area contributed by atoms with E-state index in [1.807, 2.05) is 0 Å². The Morgan fingerprint density at radius 1 is 1.11 bits per heavy atom. The molecule has 1 heterocycles. The van der Waals surface area contributed by atoms with E-state index < -0.39 is 0 Å². The van der Waals surface area contributed by atoms with Gasteiger partial charge in [-0.05, 0) is 40.0 Å². The van der Waals surface area contributed by atoms with Gasteiger partial charge >= 0.3 is 0 Å². The summed E-state index contributed by atoms with van der Waals surface area (Å²) in [6, 6.07) is 1.59. The van der Waals surface area contributed by atoms with Gasteiger partial charge in [-0.25, -0.2) is 0 Å². The summed E-state index contributed by atoms with van der Waals surface area (Å²) in [5, 5.41) is 3.69. The fourth-order valence-corrected chi connectivity index (χ4v) is 2.88. The normalized spacial score (nSPS) is 25.3. The summed E-state index contributed by atoms with van der Waals surface area (Å²) >= 11 is 0. The molecule has 0 radical (unpaired) electrons. The van der Waals surface area contributed by atoms with E-state index >= 15 is 0 Å². The molecule has 2 aliphatic rings. The average Bonchev–Trinajstić information content (AvgIpc) is 3.13. The van der Waals surface area contributed by atoms with Crippen molar-refractivity contribution in [1.82, 2.24) is 15.1 Å². The van der Waals surface area contributed by atoms with Crippen LogP contribution >= 0.6 is 0 Å². The van der Waals surface area contributed by atoms with Crippen LogP contribution in [-0.4, -0.2) is 60.1 Å². The second kappa shape index (κ2) is 5.89. The minimum absolute atomic E-state index is 0.333. The quantitative estimate of drug-likeness (QED) is 0.808. The standard InChI is InChI=1S/C15H31N3/c1-5-14(12-16-13-6-7-13)17-8-10-18(11-9-17)15(2,3)4/h13-14,16H,5-12H2,1-4H3. The first-order valence-corrected chi connectivity index (χ1v) is 7.73. The number of nitrogens with zero attached hydrogens (tertiary/aromatic N) is 2. The Hall–Kier alpha value is -0.120. The molecule has 0 amide bonds. The van der Waals surface area contributed by atoms with Gasteiger partial charge in [0.05, 0.1) is 0 Å². The summed E-state index contributed by atoms with van der Waals surface area (Å²) in [5.41, 5.74) is 0.333. The van der Waals surface area contributed by atoms with Crippen molar-refractivity contribution in [3.05, 3.63) is 0 Å². The molecule has 3 heteroatoms. The molecule has 1 unspecified atom stereocenters. The van der Waals surface area contributed by atoms with Gasteiger partial charge in [-0.1, -0.05) is 6.92 Å². The van der Waals surface area contributed by atoms with Crippen molar-refractivity contribution < 1.29 is 0 Å². The zero-order valence-electron chi connectivity index (χ0n) is 12.7. The largest absolute Gasteiger partial charge is 0.312 e. The summed E-state index contributed by atoms with van der Waals surface area (Å²) in [7, 11) is 0. The van der Waals surface area contributed by atoms with Crippen LogP contribution in [0.2, 0.25) is 0 Å². The Labute approximate surface area is 113 Å². The van der Waals surface area contributed by atoms with E-state index in [9.17, 15) is 0 Å². The highest BCUT2D eigenvalue weighted by Gasteiger charge is 2.29. The van der Waals surface area contributed by atoms with Crippen LogP contribution in [0.5, 0.6) is 0 Å². The molecule has 0 aromatic rings. The van der Waals surface area contributed by atoms with Gasteiger partial charge in [-0.3, -0.25) is 9.80 Å². The van der Waals surface area contributed by atoms with Crippen molar-refractivity contribution in [2.24, 2.45) is 0 Å². The van der Waals surface area contributed by atoms with E-state index in [4.69, 9.17) is 0 Å². The molecular weight excluding hydrogens is 222 g/mol. The van der Waals surface area contributed by atoms with Crippen LogP contribution < -0.4 is 5.32 Å². The van der Waals surface area contributed by atoms with Crippen LogP contribution in [0.1, 0.15) is 47.0 Å². The summed E-state index contributed by atoms with van der Waals surface area (Å²) in [4.78, 5) is 5.31. The lowest BCUT2D eigenvalue weighted by molar-refractivity contribution is 0.0410. The summed E-state index contributed by atoms with van der Waals surface area (Å²) in [6.07, 6.45) is 4.07. The molecule has 2 rings (SSSR count). The maximum Gasteiger partial charge on any atom is 0.0219 e. The highest BCUT2D eigenvalue weighted by Crippen LogP contribution is 2.20. The summed E-state index contributed by atoms with van der Waals surface area (Å²) < 4.78 is 0. The monoisotopic (exact) mass is 253 g/mol. The smallest absolute Gasteiger partial charge is 0.0219 e. The molecule has 2 fully saturated rings. The van der Waals surface area contributed by atoms with Crippen LogP contribution in [-0.2, 0) is 0 Å². The minimum atomic E-state index is 0.333. The van der Waals surface area contributed by atoms with Crippen LogP contribution in [0, 0.1) is 0 Å². The van der Waals surface area contributed by atoms with Crippen molar-refractivity contribution in [1.29, 1.82) is 0 Å². The molecule has 0 bridgehead atoms. The van der Waals surface area contributed by atoms with E-state index in [1.165, 1.54) is 52.0 Å². The summed E-state index contributed by atoms with van der Waals surface area (Å²) in [6.45, 7) is 15.4. The summed E-state index contributed by atoms with van der Waals surface area (Å²) in [5.74, 6) is 0. The van der Waals surface area contributed by atoms with Gasteiger partial charge in [0.2, 0.25) is 0 Å². The van der Waals surface area contributed by atoms with Gasteiger partial charge in [0, 0.05) is 50.3 Å². The number of hydrogen-bond donors (Lipinski definition) is 1. The van der Waals surface area contributed by atoms with Gasteiger partial charge < -0.3 is 5.32 Å². The Bertz CT molecular complexity index is 247. The Kier molecular flexibility index (Phi) is 4.68. The van der Waals surface area contributed by atoms with Gasteiger partial charge in [0.1, 0.15) is 0 Å². The Morgan fingerprint density at radius 3 is 2.17 bits per heavy atom. The van der Waals surface area contributed by atoms with Gasteiger partial charge in [0.25, 0.3) is 0 Å². The third-order valence-electron chi connectivity index (χ3n) is 4.47. The van der Waals surface area contributed by atoms with Crippen molar-refractivity contribution in [3.8, 4) is 0 Å².